The molecule has 0 bridgehead atoms. The van der Waals surface area contributed by atoms with E-state index in [0.29, 0.717) is 0 Å². The van der Waals surface area contributed by atoms with Gasteiger partial charge >= 0.3 is 0 Å². The summed E-state index contributed by atoms with van der Waals surface area (Å²) in [6.45, 7) is 0. The van der Waals surface area contributed by atoms with Crippen LogP contribution in [0.5, 0.6) is 11.5 Å². The molecule has 1 atom stereocenters. The number of alkyl halides is 1. The van der Waals surface area contributed by atoms with Crippen LogP contribution in [-0.4, -0.2) is 5.33 Å². The van der Waals surface area contributed by atoms with Crippen LogP contribution in [0.1, 0.15) is 17.4 Å². The van der Waals surface area contributed by atoms with Crippen molar-refractivity contribution < 1.29 is 9.47 Å². The molecule has 0 radical (unpaired) electrons. The van der Waals surface area contributed by atoms with E-state index in [0.717, 1.165) is 28.8 Å². The molecule has 0 amide bonds. The Labute approximate surface area is 115 Å². The normalized spacial score (nSPS) is 16.8. The zero-order chi connectivity index (χ0) is 12.4. The number of halogens is 1. The SMILES string of the molecule is BrCCc1cccc2c1OC(c1ccccc1)O2. The highest BCUT2D eigenvalue weighted by Crippen LogP contribution is 2.42. The monoisotopic (exact) mass is 304 g/mol. The van der Waals surface area contributed by atoms with Crippen LogP contribution in [0.2, 0.25) is 0 Å². The predicted octanol–water partition coefficient (Wildman–Crippen LogP) is 4.09. The zero-order valence-corrected chi connectivity index (χ0v) is 11.4. The second-order valence-corrected chi connectivity index (χ2v) is 4.95. The smallest absolute Gasteiger partial charge is 0.267 e. The number of aryl methyl sites for hydroxylation is 1. The second-order valence-electron chi connectivity index (χ2n) is 4.16. The molecule has 0 aliphatic carbocycles. The third kappa shape index (κ3) is 2.10. The second kappa shape index (κ2) is 5.02. The van der Waals surface area contributed by atoms with E-state index in [1.54, 1.807) is 0 Å². The van der Waals surface area contributed by atoms with Crippen molar-refractivity contribution in [3.8, 4) is 11.5 Å². The fourth-order valence-electron chi connectivity index (χ4n) is 2.08. The Morgan fingerprint density at radius 3 is 2.56 bits per heavy atom. The van der Waals surface area contributed by atoms with Crippen LogP contribution >= 0.6 is 15.9 Å². The number of hydrogen-bond donors (Lipinski definition) is 0. The minimum atomic E-state index is -0.322. The molecule has 2 aromatic rings. The van der Waals surface area contributed by atoms with Gasteiger partial charge in [-0.15, -0.1) is 0 Å². The van der Waals surface area contributed by atoms with Crippen LogP contribution in [0.4, 0.5) is 0 Å². The molecule has 2 aromatic carbocycles. The van der Waals surface area contributed by atoms with Gasteiger partial charge in [0, 0.05) is 10.9 Å². The van der Waals surface area contributed by atoms with Gasteiger partial charge in [-0.25, -0.2) is 0 Å². The summed E-state index contributed by atoms with van der Waals surface area (Å²) in [4.78, 5) is 0. The van der Waals surface area contributed by atoms with Crippen LogP contribution in [0.3, 0.4) is 0 Å². The van der Waals surface area contributed by atoms with Gasteiger partial charge in [-0.1, -0.05) is 58.4 Å². The van der Waals surface area contributed by atoms with E-state index in [9.17, 15) is 0 Å². The average molecular weight is 305 g/mol. The van der Waals surface area contributed by atoms with E-state index in [-0.39, 0.29) is 6.29 Å². The third-order valence-electron chi connectivity index (χ3n) is 2.95. The number of ether oxygens (including phenoxy) is 2. The minimum absolute atomic E-state index is 0.322. The maximum Gasteiger partial charge on any atom is 0.267 e. The average Bonchev–Trinajstić information content (AvgIpc) is 2.85. The van der Waals surface area contributed by atoms with Gasteiger partial charge in [0.15, 0.2) is 11.5 Å². The highest BCUT2D eigenvalue weighted by Gasteiger charge is 2.27. The maximum atomic E-state index is 5.93. The van der Waals surface area contributed by atoms with E-state index < -0.39 is 0 Å². The van der Waals surface area contributed by atoms with E-state index >= 15 is 0 Å². The van der Waals surface area contributed by atoms with Crippen LogP contribution < -0.4 is 9.47 Å². The highest BCUT2D eigenvalue weighted by atomic mass is 79.9. The summed E-state index contributed by atoms with van der Waals surface area (Å²) in [6.07, 6.45) is 0.617. The molecule has 18 heavy (non-hydrogen) atoms. The largest absolute Gasteiger partial charge is 0.447 e. The lowest BCUT2D eigenvalue weighted by Gasteiger charge is -2.10. The highest BCUT2D eigenvalue weighted by molar-refractivity contribution is 9.09. The lowest BCUT2D eigenvalue weighted by molar-refractivity contribution is 0.0483. The van der Waals surface area contributed by atoms with Crippen molar-refractivity contribution >= 4 is 15.9 Å². The molecule has 0 N–H and O–H groups in total. The first-order chi connectivity index (χ1) is 8.88. The van der Waals surface area contributed by atoms with Crippen LogP contribution in [-0.2, 0) is 6.42 Å². The van der Waals surface area contributed by atoms with Gasteiger partial charge in [0.25, 0.3) is 6.29 Å². The van der Waals surface area contributed by atoms with Crippen LogP contribution in [0, 0.1) is 0 Å². The van der Waals surface area contributed by atoms with E-state index in [1.165, 1.54) is 5.56 Å². The Morgan fingerprint density at radius 1 is 0.944 bits per heavy atom. The molecule has 2 nitrogen and oxygen atoms in total. The number of fused-ring (bicyclic) bond motifs is 1. The number of hydrogen-bond acceptors (Lipinski definition) is 2. The van der Waals surface area contributed by atoms with E-state index in [2.05, 4.69) is 22.0 Å². The van der Waals surface area contributed by atoms with E-state index in [4.69, 9.17) is 9.47 Å². The van der Waals surface area contributed by atoms with Crippen molar-refractivity contribution in [3.05, 3.63) is 59.7 Å². The van der Waals surface area contributed by atoms with Gasteiger partial charge < -0.3 is 9.47 Å². The summed E-state index contributed by atoms with van der Waals surface area (Å²) in [5.74, 6) is 1.72. The first-order valence-corrected chi connectivity index (χ1v) is 7.07. The number of rotatable bonds is 3. The first-order valence-electron chi connectivity index (χ1n) is 5.94. The van der Waals surface area contributed by atoms with Gasteiger partial charge in [-0.2, -0.15) is 0 Å². The fourth-order valence-corrected chi connectivity index (χ4v) is 2.51. The van der Waals surface area contributed by atoms with E-state index in [1.807, 2.05) is 42.5 Å². The standard InChI is InChI=1S/C15H13BrO2/c16-10-9-11-7-4-8-13-14(11)18-15(17-13)12-5-2-1-3-6-12/h1-8,15H,9-10H2. The molecule has 1 aliphatic heterocycles. The molecular weight excluding hydrogens is 292 g/mol. The summed E-state index contributed by atoms with van der Waals surface area (Å²) in [6, 6.07) is 16.0. The lowest BCUT2D eigenvalue weighted by Crippen LogP contribution is -2.07. The van der Waals surface area contributed by atoms with Gasteiger partial charge in [0.05, 0.1) is 0 Å². The van der Waals surface area contributed by atoms with Crippen molar-refractivity contribution in [2.75, 3.05) is 5.33 Å². The molecule has 0 spiro atoms. The molecule has 1 heterocycles. The third-order valence-corrected chi connectivity index (χ3v) is 3.35. The van der Waals surface area contributed by atoms with Crippen molar-refractivity contribution in [1.29, 1.82) is 0 Å². The van der Waals surface area contributed by atoms with Gasteiger partial charge in [0.1, 0.15) is 0 Å². The summed E-state index contributed by atoms with van der Waals surface area (Å²) in [5, 5.41) is 0.919. The van der Waals surface area contributed by atoms with Crippen LogP contribution in [0.25, 0.3) is 0 Å². The predicted molar refractivity (Wildman–Crippen MR) is 74.4 cm³/mol. The summed E-state index contributed by atoms with van der Waals surface area (Å²) in [7, 11) is 0. The summed E-state index contributed by atoms with van der Waals surface area (Å²) < 4.78 is 11.8. The molecule has 0 saturated heterocycles. The lowest BCUT2D eigenvalue weighted by atomic mass is 10.1. The molecular formula is C15H13BrO2. The molecule has 3 heteroatoms. The Hall–Kier alpha value is -1.48. The van der Waals surface area contributed by atoms with Crippen LogP contribution in [0.15, 0.2) is 48.5 Å². The Balaban J connectivity index is 1.89. The zero-order valence-electron chi connectivity index (χ0n) is 9.80. The Morgan fingerprint density at radius 2 is 1.78 bits per heavy atom. The molecule has 3 rings (SSSR count). The topological polar surface area (TPSA) is 18.5 Å². The van der Waals surface area contributed by atoms with Crippen molar-refractivity contribution in [3.63, 3.8) is 0 Å². The molecule has 1 unspecified atom stereocenters. The Kier molecular flexibility index (Phi) is 3.24. The summed E-state index contributed by atoms with van der Waals surface area (Å²) >= 11 is 3.46. The molecule has 92 valence electrons. The minimum Gasteiger partial charge on any atom is -0.447 e. The van der Waals surface area contributed by atoms with Crippen molar-refractivity contribution in [2.45, 2.75) is 12.7 Å². The Bertz CT molecular complexity index is 539. The molecule has 0 saturated carbocycles. The first kappa shape index (κ1) is 11.6. The van der Waals surface area contributed by atoms with Gasteiger partial charge in [-0.3, -0.25) is 0 Å². The quantitative estimate of drug-likeness (QED) is 0.795. The molecule has 0 aromatic heterocycles. The van der Waals surface area contributed by atoms with Crippen molar-refractivity contribution in [1.82, 2.24) is 0 Å². The molecule has 1 aliphatic rings. The number of para-hydroxylation sites is 1. The fraction of sp³-hybridized carbons (Fsp3) is 0.200. The number of benzene rings is 2. The van der Waals surface area contributed by atoms with Gasteiger partial charge in [0.2, 0.25) is 0 Å². The maximum absolute atomic E-state index is 5.93. The van der Waals surface area contributed by atoms with Crippen molar-refractivity contribution in [2.24, 2.45) is 0 Å². The summed E-state index contributed by atoms with van der Waals surface area (Å²) in [5.41, 5.74) is 2.22. The molecule has 0 fully saturated rings. The van der Waals surface area contributed by atoms with Gasteiger partial charge in [-0.05, 0) is 18.1 Å².